The molecule has 0 radical (unpaired) electrons. The molecule has 4 atom stereocenters. The predicted molar refractivity (Wildman–Crippen MR) is 180 cm³/mol. The van der Waals surface area contributed by atoms with E-state index in [4.69, 9.17) is 4.74 Å². The molecular formula is C37H44N4O5S. The zero-order chi connectivity index (χ0) is 32.2. The standard InChI is InChI=1S/C37H44N4O5S/c1-39-19-24-9-10-25(20-39)41(24)36(43)37-18-31(37)30-17-26(46-2)11-15-28(30)34-33(22-6-4-3-5-7-22)29-14-8-23(16-32(29)40(34)21-37)35(42)38-47(44,45)27-12-13-27/h8,11,14-17,22,24-25,27,31H,3-7,9-10,12-13,18-21H2,1-2H3,(H,38,42)/t24?,25?,31-,37-/m1/s1. The number of rotatable bonds is 6. The monoisotopic (exact) mass is 656 g/mol. The van der Waals surface area contributed by atoms with E-state index in [1.54, 1.807) is 13.2 Å². The zero-order valence-electron chi connectivity index (χ0n) is 27.3. The normalized spacial score (nSPS) is 28.7. The average Bonchev–Trinajstić information content (AvgIpc) is 3.99. The van der Waals surface area contributed by atoms with Crippen LogP contribution in [0.3, 0.4) is 0 Å². The summed E-state index contributed by atoms with van der Waals surface area (Å²) in [6, 6.07) is 12.6. The van der Waals surface area contributed by atoms with Gasteiger partial charge in [-0.25, -0.2) is 13.1 Å². The van der Waals surface area contributed by atoms with Gasteiger partial charge < -0.3 is 19.1 Å². The SMILES string of the molecule is COc1ccc2c(c1)[C@H]1C[C@@]1(C(=O)N1C3CCC1CN(C)C3)Cn1c-2c(C2CCCCC2)c2ccc(C(=O)NS(=O)(=O)C3CC3)cc21. The number of hydrogen-bond donors (Lipinski definition) is 1. The Balaban J connectivity index is 1.23. The third kappa shape index (κ3) is 4.60. The number of sulfonamides is 1. The maximum Gasteiger partial charge on any atom is 0.264 e. The van der Waals surface area contributed by atoms with E-state index in [9.17, 15) is 18.0 Å². The smallest absolute Gasteiger partial charge is 0.264 e. The van der Waals surface area contributed by atoms with Gasteiger partial charge in [-0.1, -0.05) is 25.3 Å². The first-order chi connectivity index (χ1) is 22.7. The Morgan fingerprint density at radius 3 is 2.38 bits per heavy atom. The van der Waals surface area contributed by atoms with Gasteiger partial charge in [-0.15, -0.1) is 0 Å². The second-order valence-corrected chi connectivity index (χ2v) is 17.2. The number of nitrogens with zero attached hydrogens (tertiary/aromatic N) is 3. The molecule has 6 aliphatic rings. The molecule has 10 heteroatoms. The zero-order valence-corrected chi connectivity index (χ0v) is 28.2. The molecule has 47 heavy (non-hydrogen) atoms. The number of likely N-dealkylation sites (N-methyl/N-ethyl adjacent to an activating group) is 1. The molecule has 2 amide bonds. The number of likely N-dealkylation sites (tertiary alicyclic amines) is 1. The molecule has 1 aromatic heterocycles. The van der Waals surface area contributed by atoms with Crippen LogP contribution in [0.25, 0.3) is 22.2 Å². The number of carbonyl (C=O) groups is 2. The number of carbonyl (C=O) groups excluding carboxylic acids is 2. The summed E-state index contributed by atoms with van der Waals surface area (Å²) < 4.78 is 35.9. The number of aromatic nitrogens is 1. The number of hydrogen-bond acceptors (Lipinski definition) is 6. The lowest BCUT2D eigenvalue weighted by molar-refractivity contribution is -0.143. The first-order valence-electron chi connectivity index (χ1n) is 17.6. The number of piperazine rings is 1. The Labute approximate surface area is 276 Å². The number of ether oxygens (including phenoxy) is 1. The van der Waals surface area contributed by atoms with Gasteiger partial charge in [0, 0.05) is 59.7 Å². The molecule has 2 unspecified atom stereocenters. The lowest BCUT2D eigenvalue weighted by Gasteiger charge is -2.41. The molecule has 248 valence electrons. The summed E-state index contributed by atoms with van der Waals surface area (Å²) in [4.78, 5) is 33.0. The van der Waals surface area contributed by atoms with Crippen LogP contribution < -0.4 is 9.46 Å². The van der Waals surface area contributed by atoms with Gasteiger partial charge in [-0.3, -0.25) is 9.59 Å². The van der Waals surface area contributed by atoms with Crippen molar-refractivity contribution < 1.29 is 22.7 Å². The van der Waals surface area contributed by atoms with E-state index in [-0.39, 0.29) is 23.9 Å². The van der Waals surface area contributed by atoms with Gasteiger partial charge in [0.05, 0.1) is 23.5 Å². The van der Waals surface area contributed by atoms with Crippen LogP contribution in [0.1, 0.15) is 97.5 Å². The van der Waals surface area contributed by atoms with E-state index < -0.39 is 26.6 Å². The highest BCUT2D eigenvalue weighted by molar-refractivity contribution is 7.91. The fraction of sp³-hybridized carbons (Fsp3) is 0.568. The number of nitrogens with one attached hydrogen (secondary N) is 1. The van der Waals surface area contributed by atoms with E-state index in [0.29, 0.717) is 30.9 Å². The largest absolute Gasteiger partial charge is 0.497 e. The number of amides is 2. The van der Waals surface area contributed by atoms with Crippen LogP contribution in [0.4, 0.5) is 0 Å². The van der Waals surface area contributed by atoms with Crippen molar-refractivity contribution in [3.63, 3.8) is 0 Å². The predicted octanol–water partition coefficient (Wildman–Crippen LogP) is 5.38. The highest BCUT2D eigenvalue weighted by atomic mass is 32.2. The third-order valence-corrected chi connectivity index (χ3v) is 14.1. The van der Waals surface area contributed by atoms with Gasteiger partial charge >= 0.3 is 0 Å². The first kappa shape index (κ1) is 29.7. The maximum absolute atomic E-state index is 15.0. The van der Waals surface area contributed by atoms with Gasteiger partial charge in [0.2, 0.25) is 15.9 Å². The molecule has 3 aromatic rings. The Morgan fingerprint density at radius 1 is 0.936 bits per heavy atom. The third-order valence-electron chi connectivity index (χ3n) is 12.3. The minimum Gasteiger partial charge on any atom is -0.497 e. The quantitative estimate of drug-likeness (QED) is 0.383. The molecule has 2 aromatic carbocycles. The van der Waals surface area contributed by atoms with Crippen molar-refractivity contribution in [2.45, 2.75) is 99.9 Å². The second-order valence-electron chi connectivity index (χ2n) is 15.3. The van der Waals surface area contributed by atoms with Crippen LogP contribution in [0, 0.1) is 5.41 Å². The number of fused-ring (bicyclic) bond motifs is 9. The summed E-state index contributed by atoms with van der Waals surface area (Å²) in [5.74, 6) is 0.952. The van der Waals surface area contributed by atoms with E-state index in [1.165, 1.54) is 30.4 Å². The van der Waals surface area contributed by atoms with Gasteiger partial charge in [0.1, 0.15) is 5.75 Å². The Morgan fingerprint density at radius 2 is 1.68 bits per heavy atom. The summed E-state index contributed by atoms with van der Waals surface area (Å²) in [6.07, 6.45) is 9.90. The minimum atomic E-state index is -3.69. The lowest BCUT2D eigenvalue weighted by Crippen LogP contribution is -2.57. The summed E-state index contributed by atoms with van der Waals surface area (Å²) in [5, 5.41) is 0.630. The van der Waals surface area contributed by atoms with Crippen LogP contribution >= 0.6 is 0 Å². The van der Waals surface area contributed by atoms with Crippen molar-refractivity contribution in [3.8, 4) is 17.0 Å². The molecule has 2 bridgehead atoms. The molecule has 3 aliphatic carbocycles. The second kappa shape index (κ2) is 10.6. The molecule has 3 aliphatic heterocycles. The fourth-order valence-corrected chi connectivity index (χ4v) is 11.1. The van der Waals surface area contributed by atoms with Crippen molar-refractivity contribution in [1.82, 2.24) is 19.1 Å². The molecule has 9 nitrogen and oxygen atoms in total. The lowest BCUT2D eigenvalue weighted by atomic mass is 9.81. The molecule has 3 saturated carbocycles. The van der Waals surface area contributed by atoms with Crippen LogP contribution in [0.2, 0.25) is 0 Å². The summed E-state index contributed by atoms with van der Waals surface area (Å²) in [6.45, 7) is 2.38. The van der Waals surface area contributed by atoms with Crippen molar-refractivity contribution in [1.29, 1.82) is 0 Å². The van der Waals surface area contributed by atoms with Crippen molar-refractivity contribution >= 4 is 32.7 Å². The van der Waals surface area contributed by atoms with Gasteiger partial charge in [-0.2, -0.15) is 0 Å². The van der Waals surface area contributed by atoms with Crippen LogP contribution in [-0.2, 0) is 21.4 Å². The Bertz CT molecular complexity index is 1910. The Hall–Kier alpha value is -3.37. The van der Waals surface area contributed by atoms with Crippen molar-refractivity contribution in [2.75, 3.05) is 27.2 Å². The fourth-order valence-electron chi connectivity index (χ4n) is 9.77. The van der Waals surface area contributed by atoms with Gasteiger partial charge in [0.25, 0.3) is 5.91 Å². The average molecular weight is 657 g/mol. The molecule has 1 N–H and O–H groups in total. The first-order valence-corrected chi connectivity index (χ1v) is 19.1. The molecule has 9 rings (SSSR count). The van der Waals surface area contributed by atoms with Crippen molar-refractivity contribution in [3.05, 3.63) is 53.1 Å². The number of methoxy groups -OCH3 is 1. The van der Waals surface area contributed by atoms with Crippen molar-refractivity contribution in [2.24, 2.45) is 5.41 Å². The van der Waals surface area contributed by atoms with E-state index >= 15 is 0 Å². The Kier molecular flexibility index (Phi) is 6.69. The van der Waals surface area contributed by atoms with Gasteiger partial charge in [-0.05, 0) is 99.4 Å². The van der Waals surface area contributed by atoms with Crippen LogP contribution in [-0.4, -0.2) is 79.2 Å². The topological polar surface area (TPSA) is 101 Å². The van der Waals surface area contributed by atoms with E-state index in [0.717, 1.165) is 73.1 Å². The summed E-state index contributed by atoms with van der Waals surface area (Å²) >= 11 is 0. The van der Waals surface area contributed by atoms with Crippen LogP contribution in [0.5, 0.6) is 5.75 Å². The molecular weight excluding hydrogens is 612 g/mol. The van der Waals surface area contributed by atoms with E-state index in [1.807, 2.05) is 18.2 Å². The summed E-state index contributed by atoms with van der Waals surface area (Å²) in [5.41, 5.74) is 5.49. The maximum atomic E-state index is 15.0. The van der Waals surface area contributed by atoms with E-state index in [2.05, 4.69) is 38.3 Å². The van der Waals surface area contributed by atoms with Crippen LogP contribution in [0.15, 0.2) is 36.4 Å². The molecule has 2 saturated heterocycles. The molecule has 0 spiro atoms. The molecule has 4 heterocycles. The summed E-state index contributed by atoms with van der Waals surface area (Å²) in [7, 11) is 0.176. The highest BCUT2D eigenvalue weighted by Crippen LogP contribution is 2.66. The highest BCUT2D eigenvalue weighted by Gasteiger charge is 2.65. The minimum absolute atomic E-state index is 0.0866. The number of benzene rings is 2. The molecule has 5 fully saturated rings. The van der Waals surface area contributed by atoms with Gasteiger partial charge in [0.15, 0.2) is 0 Å².